The molecule has 1 amide bonds. The molecule has 0 unspecified atom stereocenters. The Morgan fingerprint density at radius 3 is 2.56 bits per heavy atom. The van der Waals surface area contributed by atoms with Gasteiger partial charge in [0.25, 0.3) is 5.56 Å². The molecule has 1 saturated heterocycles. The zero-order chi connectivity index (χ0) is 24.9. The molecule has 5 rings (SSSR count). The summed E-state index contributed by atoms with van der Waals surface area (Å²) < 4.78 is 5.97. The minimum atomic E-state index is -0.301. The number of anilines is 1. The quantitative estimate of drug-likeness (QED) is 0.451. The first-order valence-electron chi connectivity index (χ1n) is 11.7. The largest absolute Gasteiger partial charge is 0.487 e. The Kier molecular flexibility index (Phi) is 6.58. The van der Waals surface area contributed by atoms with E-state index in [9.17, 15) is 9.59 Å². The normalized spacial score (nSPS) is 13.4. The number of ether oxygens (including phenoxy) is 1. The third-order valence-corrected chi connectivity index (χ3v) is 6.14. The summed E-state index contributed by atoms with van der Waals surface area (Å²) in [5, 5.41) is 9.36. The summed E-state index contributed by atoms with van der Waals surface area (Å²) in [6.07, 6.45) is 1.54. The van der Waals surface area contributed by atoms with Crippen LogP contribution in [0.25, 0.3) is 10.9 Å². The van der Waals surface area contributed by atoms with Crippen molar-refractivity contribution in [1.82, 2.24) is 19.9 Å². The third kappa shape index (κ3) is 5.03. The number of aromatic nitrogens is 3. The van der Waals surface area contributed by atoms with Crippen molar-refractivity contribution in [2.45, 2.75) is 13.0 Å². The molecule has 0 spiro atoms. The van der Waals surface area contributed by atoms with Crippen molar-refractivity contribution < 1.29 is 9.53 Å². The zero-order valence-electron chi connectivity index (χ0n) is 19.6. The smallest absolute Gasteiger partial charge is 0.258 e. The Morgan fingerprint density at radius 2 is 1.83 bits per heavy atom. The van der Waals surface area contributed by atoms with E-state index in [-0.39, 0.29) is 17.9 Å². The Bertz CT molecular complexity index is 1470. The van der Waals surface area contributed by atoms with E-state index in [1.165, 1.54) is 0 Å². The van der Waals surface area contributed by atoms with Crippen LogP contribution in [-0.2, 0) is 17.8 Å². The lowest BCUT2D eigenvalue weighted by Gasteiger charge is -2.35. The molecule has 0 atom stereocenters. The third-order valence-electron chi connectivity index (χ3n) is 6.14. The highest BCUT2D eigenvalue weighted by atomic mass is 16.5. The number of pyridine rings is 1. The summed E-state index contributed by atoms with van der Waals surface area (Å²) in [5.41, 5.74) is 1.66. The van der Waals surface area contributed by atoms with Crippen LogP contribution in [-0.4, -0.2) is 51.9 Å². The first kappa shape index (κ1) is 23.1. The summed E-state index contributed by atoms with van der Waals surface area (Å²) in [4.78, 5) is 41.2. The van der Waals surface area contributed by atoms with Gasteiger partial charge in [-0.05, 0) is 29.8 Å². The van der Waals surface area contributed by atoms with Crippen LogP contribution < -0.4 is 15.2 Å². The average Bonchev–Trinajstić information content (AvgIpc) is 2.93. The maximum absolute atomic E-state index is 13.0. The molecule has 36 heavy (non-hydrogen) atoms. The fourth-order valence-electron chi connectivity index (χ4n) is 4.20. The molecule has 1 N–H and O–H groups in total. The fraction of sp³-hybridized carbons (Fsp3) is 0.222. The minimum absolute atomic E-state index is 0.00663. The van der Waals surface area contributed by atoms with Crippen molar-refractivity contribution >= 4 is 22.6 Å². The van der Waals surface area contributed by atoms with Gasteiger partial charge in [-0.25, -0.2) is 9.97 Å². The molecule has 0 saturated carbocycles. The van der Waals surface area contributed by atoms with Crippen molar-refractivity contribution in [1.29, 1.82) is 5.26 Å². The van der Waals surface area contributed by atoms with Crippen LogP contribution in [0.4, 0.5) is 5.82 Å². The molecule has 180 valence electrons. The predicted octanol–water partition coefficient (Wildman–Crippen LogP) is 2.66. The van der Waals surface area contributed by atoms with Gasteiger partial charge in [-0.1, -0.05) is 36.4 Å². The SMILES string of the molecule is N#Cc1ccc(N2CCN(C(=O)Cc3nc4c(OCc5ccccc5)cccc4c(=O)[nH]3)CC2)nc1. The number of nitrogens with zero attached hydrogens (tertiary/aromatic N) is 5. The molecule has 1 aliphatic rings. The second-order valence-electron chi connectivity index (χ2n) is 8.50. The summed E-state index contributed by atoms with van der Waals surface area (Å²) in [7, 11) is 0. The molecule has 1 aliphatic heterocycles. The van der Waals surface area contributed by atoms with Gasteiger partial charge < -0.3 is 19.5 Å². The highest BCUT2D eigenvalue weighted by Crippen LogP contribution is 2.23. The van der Waals surface area contributed by atoms with Crippen LogP contribution in [0.15, 0.2) is 71.7 Å². The maximum atomic E-state index is 13.0. The van der Waals surface area contributed by atoms with Gasteiger partial charge in [0.05, 0.1) is 17.4 Å². The van der Waals surface area contributed by atoms with Crippen LogP contribution in [0, 0.1) is 11.3 Å². The van der Waals surface area contributed by atoms with E-state index in [1.54, 1.807) is 35.4 Å². The fourth-order valence-corrected chi connectivity index (χ4v) is 4.20. The van der Waals surface area contributed by atoms with E-state index in [1.807, 2.05) is 36.4 Å². The van der Waals surface area contributed by atoms with Crippen molar-refractivity contribution in [3.8, 4) is 11.8 Å². The molecule has 4 aromatic rings. The number of carbonyl (C=O) groups is 1. The number of nitrogens with one attached hydrogen (secondary N) is 1. The van der Waals surface area contributed by atoms with Crippen LogP contribution in [0.1, 0.15) is 17.0 Å². The number of para-hydroxylation sites is 1. The van der Waals surface area contributed by atoms with Crippen LogP contribution in [0.2, 0.25) is 0 Å². The molecule has 9 nitrogen and oxygen atoms in total. The molecule has 9 heteroatoms. The lowest BCUT2D eigenvalue weighted by Crippen LogP contribution is -2.49. The average molecular weight is 481 g/mol. The number of aromatic amines is 1. The molecular formula is C27H24N6O3. The van der Waals surface area contributed by atoms with Crippen LogP contribution in [0.3, 0.4) is 0 Å². The second-order valence-corrected chi connectivity index (χ2v) is 8.50. The number of piperazine rings is 1. The van der Waals surface area contributed by atoms with Crippen molar-refractivity contribution in [3.63, 3.8) is 0 Å². The molecule has 1 fully saturated rings. The van der Waals surface area contributed by atoms with Crippen molar-refractivity contribution in [2.24, 2.45) is 0 Å². The van der Waals surface area contributed by atoms with E-state index >= 15 is 0 Å². The van der Waals surface area contributed by atoms with E-state index in [2.05, 4.69) is 25.9 Å². The van der Waals surface area contributed by atoms with Crippen LogP contribution >= 0.6 is 0 Å². The van der Waals surface area contributed by atoms with Gasteiger partial charge in [-0.3, -0.25) is 9.59 Å². The molecule has 2 aromatic carbocycles. The van der Waals surface area contributed by atoms with Gasteiger partial charge in [0.15, 0.2) is 0 Å². The first-order valence-corrected chi connectivity index (χ1v) is 11.7. The van der Waals surface area contributed by atoms with Crippen molar-refractivity contribution in [3.05, 3.63) is 94.2 Å². The second kappa shape index (κ2) is 10.3. The van der Waals surface area contributed by atoms with Gasteiger partial charge in [-0.15, -0.1) is 0 Å². The predicted molar refractivity (Wildman–Crippen MR) is 135 cm³/mol. The van der Waals surface area contributed by atoms with E-state index < -0.39 is 0 Å². The monoisotopic (exact) mass is 480 g/mol. The van der Waals surface area contributed by atoms with Gasteiger partial charge >= 0.3 is 0 Å². The Labute approximate surface area is 207 Å². The molecule has 0 bridgehead atoms. The highest BCUT2D eigenvalue weighted by molar-refractivity contribution is 5.84. The topological polar surface area (TPSA) is 115 Å². The lowest BCUT2D eigenvalue weighted by molar-refractivity contribution is -0.130. The molecule has 3 heterocycles. The first-order chi connectivity index (χ1) is 17.6. The number of nitriles is 1. The number of rotatable bonds is 6. The number of hydrogen-bond acceptors (Lipinski definition) is 7. The molecule has 0 radical (unpaired) electrons. The summed E-state index contributed by atoms with van der Waals surface area (Å²) in [6.45, 7) is 2.67. The number of benzene rings is 2. The standard InChI is InChI=1S/C27H24N6O3/c28-16-20-9-10-24(29-17-20)32-11-13-33(14-12-32)25(34)15-23-30-26-21(27(35)31-23)7-4-8-22(26)36-18-19-5-2-1-3-6-19/h1-10,17H,11-15,18H2,(H,30,31,35). The lowest BCUT2D eigenvalue weighted by atomic mass is 10.2. The Balaban J connectivity index is 1.26. The Hall–Kier alpha value is -4.71. The number of hydrogen-bond donors (Lipinski definition) is 1. The summed E-state index contributed by atoms with van der Waals surface area (Å²) in [5.74, 6) is 1.49. The maximum Gasteiger partial charge on any atom is 0.258 e. The van der Waals surface area contributed by atoms with Gasteiger partial charge in [0.1, 0.15) is 35.6 Å². The zero-order valence-corrected chi connectivity index (χ0v) is 19.6. The molecule has 0 aliphatic carbocycles. The van der Waals surface area contributed by atoms with E-state index in [4.69, 9.17) is 10.00 Å². The van der Waals surface area contributed by atoms with Crippen molar-refractivity contribution in [2.75, 3.05) is 31.1 Å². The summed E-state index contributed by atoms with van der Waals surface area (Å²) in [6, 6.07) is 20.6. The van der Waals surface area contributed by atoms with E-state index in [0.29, 0.717) is 60.8 Å². The van der Waals surface area contributed by atoms with Crippen LogP contribution in [0.5, 0.6) is 5.75 Å². The van der Waals surface area contributed by atoms with Gasteiger partial charge in [0.2, 0.25) is 5.91 Å². The number of H-pyrrole nitrogens is 1. The number of fused-ring (bicyclic) bond motifs is 1. The molecule has 2 aromatic heterocycles. The molecular weight excluding hydrogens is 456 g/mol. The summed E-state index contributed by atoms with van der Waals surface area (Å²) >= 11 is 0. The van der Waals surface area contributed by atoms with Gasteiger partial charge in [-0.2, -0.15) is 5.26 Å². The van der Waals surface area contributed by atoms with Gasteiger partial charge in [0, 0.05) is 32.4 Å². The Morgan fingerprint density at radius 1 is 1.03 bits per heavy atom. The highest BCUT2D eigenvalue weighted by Gasteiger charge is 2.23. The number of carbonyl (C=O) groups excluding carboxylic acids is 1. The minimum Gasteiger partial charge on any atom is -0.487 e. The number of amides is 1. The van der Waals surface area contributed by atoms with E-state index in [0.717, 1.165) is 11.4 Å².